The molecule has 1 rings (SSSR count). The molecule has 14 heavy (non-hydrogen) atoms. The molecule has 1 aromatic carbocycles. The molecule has 0 saturated heterocycles. The Balaban J connectivity index is 2.73. The summed E-state index contributed by atoms with van der Waals surface area (Å²) in [6.07, 6.45) is 0. The molecule has 0 saturated carbocycles. The maximum atomic E-state index is 11.2. The van der Waals surface area contributed by atoms with Crippen molar-refractivity contribution in [2.45, 2.75) is 4.90 Å². The van der Waals surface area contributed by atoms with E-state index in [0.717, 1.165) is 16.0 Å². The van der Waals surface area contributed by atoms with Crippen LogP contribution in [0.15, 0.2) is 29.2 Å². The van der Waals surface area contributed by atoms with Crippen LogP contribution in [-0.2, 0) is 4.74 Å². The van der Waals surface area contributed by atoms with Crippen molar-refractivity contribution >= 4 is 33.7 Å². The maximum absolute atomic E-state index is 11.2. The molecule has 2 nitrogen and oxygen atoms in total. The highest BCUT2D eigenvalue weighted by Gasteiger charge is 2.05. The fourth-order valence-corrected chi connectivity index (χ4v) is 2.17. The van der Waals surface area contributed by atoms with E-state index in [1.54, 1.807) is 17.8 Å². The Kier molecular flexibility index (Phi) is 5.04. The number of carbonyl (C=O) groups is 1. The van der Waals surface area contributed by atoms with Gasteiger partial charge in [0.2, 0.25) is 0 Å². The van der Waals surface area contributed by atoms with Gasteiger partial charge in [-0.25, -0.2) is 4.79 Å². The number of methoxy groups -OCH3 is 1. The zero-order valence-corrected chi connectivity index (χ0v) is 10.2. The Labute approximate surface area is 96.2 Å². The normalized spacial score (nSPS) is 9.86. The van der Waals surface area contributed by atoms with Crippen LogP contribution in [-0.4, -0.2) is 24.2 Å². The summed E-state index contributed by atoms with van der Waals surface area (Å²) in [5.74, 6) is 0.705. The molecule has 0 bridgehead atoms. The summed E-state index contributed by atoms with van der Waals surface area (Å²) >= 11 is 5.06. The second-order valence-corrected chi connectivity index (χ2v) is 4.52. The SMILES string of the molecule is COC(=O)c1cccc(SCCBr)c1. The van der Waals surface area contributed by atoms with E-state index in [4.69, 9.17) is 0 Å². The summed E-state index contributed by atoms with van der Waals surface area (Å²) in [4.78, 5) is 12.3. The summed E-state index contributed by atoms with van der Waals surface area (Å²) < 4.78 is 4.64. The fraction of sp³-hybridized carbons (Fsp3) is 0.300. The van der Waals surface area contributed by atoms with E-state index in [9.17, 15) is 4.79 Å². The minimum atomic E-state index is -0.286. The van der Waals surface area contributed by atoms with Crippen LogP contribution in [0.25, 0.3) is 0 Å². The van der Waals surface area contributed by atoms with Crippen molar-refractivity contribution in [3.8, 4) is 0 Å². The first-order chi connectivity index (χ1) is 6.77. The van der Waals surface area contributed by atoms with E-state index in [1.807, 2.05) is 18.2 Å². The molecule has 4 heteroatoms. The molecule has 0 aliphatic rings. The van der Waals surface area contributed by atoms with E-state index < -0.39 is 0 Å². The third-order valence-electron chi connectivity index (χ3n) is 1.60. The molecule has 0 N–H and O–H groups in total. The van der Waals surface area contributed by atoms with Gasteiger partial charge in [-0.05, 0) is 18.2 Å². The van der Waals surface area contributed by atoms with E-state index in [1.165, 1.54) is 7.11 Å². The summed E-state index contributed by atoms with van der Waals surface area (Å²) in [5, 5.41) is 0.945. The van der Waals surface area contributed by atoms with Gasteiger partial charge in [0.25, 0.3) is 0 Å². The number of rotatable bonds is 4. The van der Waals surface area contributed by atoms with Crippen molar-refractivity contribution in [1.82, 2.24) is 0 Å². The first-order valence-electron chi connectivity index (χ1n) is 4.15. The average Bonchev–Trinajstić information content (AvgIpc) is 2.25. The summed E-state index contributed by atoms with van der Waals surface area (Å²) in [6.45, 7) is 0. The van der Waals surface area contributed by atoms with Gasteiger partial charge in [-0.15, -0.1) is 11.8 Å². The van der Waals surface area contributed by atoms with Gasteiger partial charge in [0.15, 0.2) is 0 Å². The van der Waals surface area contributed by atoms with Crippen LogP contribution in [0.2, 0.25) is 0 Å². The third-order valence-corrected chi connectivity index (χ3v) is 3.52. The van der Waals surface area contributed by atoms with Crippen molar-refractivity contribution in [2.75, 3.05) is 18.2 Å². The number of alkyl halides is 1. The lowest BCUT2D eigenvalue weighted by molar-refractivity contribution is 0.0600. The number of halogens is 1. The molecule has 1 aromatic rings. The number of hydrogen-bond acceptors (Lipinski definition) is 3. The van der Waals surface area contributed by atoms with Crippen molar-refractivity contribution in [2.24, 2.45) is 0 Å². The van der Waals surface area contributed by atoms with E-state index in [0.29, 0.717) is 5.56 Å². The first-order valence-corrected chi connectivity index (χ1v) is 6.25. The molecule has 0 aliphatic carbocycles. The van der Waals surface area contributed by atoms with Crippen LogP contribution in [0, 0.1) is 0 Å². The minimum Gasteiger partial charge on any atom is -0.465 e. The number of benzene rings is 1. The van der Waals surface area contributed by atoms with Gasteiger partial charge in [0.1, 0.15) is 0 Å². The van der Waals surface area contributed by atoms with Crippen LogP contribution in [0.5, 0.6) is 0 Å². The second kappa shape index (κ2) is 6.09. The van der Waals surface area contributed by atoms with E-state index in [2.05, 4.69) is 20.7 Å². The van der Waals surface area contributed by atoms with Gasteiger partial charge in [-0.3, -0.25) is 0 Å². The molecule has 0 spiro atoms. The predicted octanol–water partition coefficient (Wildman–Crippen LogP) is 2.96. The zero-order chi connectivity index (χ0) is 10.4. The largest absolute Gasteiger partial charge is 0.465 e. The van der Waals surface area contributed by atoms with Crippen molar-refractivity contribution in [3.05, 3.63) is 29.8 Å². The fourth-order valence-electron chi connectivity index (χ4n) is 0.987. The van der Waals surface area contributed by atoms with E-state index in [-0.39, 0.29) is 5.97 Å². The van der Waals surface area contributed by atoms with Gasteiger partial charge >= 0.3 is 5.97 Å². The topological polar surface area (TPSA) is 26.3 Å². The zero-order valence-electron chi connectivity index (χ0n) is 7.83. The third kappa shape index (κ3) is 3.35. The molecule has 0 unspecified atom stereocenters. The van der Waals surface area contributed by atoms with Crippen LogP contribution in [0.4, 0.5) is 0 Å². The lowest BCUT2D eigenvalue weighted by Gasteiger charge is -2.02. The number of esters is 1. The number of hydrogen-bond donors (Lipinski definition) is 0. The number of ether oxygens (including phenoxy) is 1. The molecule has 0 heterocycles. The lowest BCUT2D eigenvalue weighted by Crippen LogP contribution is -2.00. The molecule has 0 radical (unpaired) electrons. The smallest absolute Gasteiger partial charge is 0.337 e. The summed E-state index contributed by atoms with van der Waals surface area (Å²) in [5.41, 5.74) is 0.604. The average molecular weight is 275 g/mol. The molecule has 0 aliphatic heterocycles. The minimum absolute atomic E-state index is 0.286. The first kappa shape index (κ1) is 11.6. The monoisotopic (exact) mass is 274 g/mol. The molecule has 76 valence electrons. The van der Waals surface area contributed by atoms with Gasteiger partial charge in [0, 0.05) is 16.0 Å². The van der Waals surface area contributed by atoms with Crippen molar-refractivity contribution in [3.63, 3.8) is 0 Å². The van der Waals surface area contributed by atoms with Crippen LogP contribution >= 0.6 is 27.7 Å². The van der Waals surface area contributed by atoms with Gasteiger partial charge < -0.3 is 4.74 Å². The highest BCUT2D eigenvalue weighted by molar-refractivity contribution is 9.09. The van der Waals surface area contributed by atoms with Crippen molar-refractivity contribution in [1.29, 1.82) is 0 Å². The quantitative estimate of drug-likeness (QED) is 0.480. The molecular weight excluding hydrogens is 264 g/mol. The lowest BCUT2D eigenvalue weighted by atomic mass is 10.2. The molecule has 0 amide bonds. The molecular formula is C10H11BrO2S. The Morgan fingerprint density at radius 2 is 2.36 bits per heavy atom. The Morgan fingerprint density at radius 3 is 3.00 bits per heavy atom. The Hall–Kier alpha value is -0.480. The van der Waals surface area contributed by atoms with E-state index >= 15 is 0 Å². The van der Waals surface area contributed by atoms with Crippen LogP contribution < -0.4 is 0 Å². The number of thioether (sulfide) groups is 1. The standard InChI is InChI=1S/C10H11BrO2S/c1-13-10(12)8-3-2-4-9(7-8)14-6-5-11/h2-4,7H,5-6H2,1H3. The van der Waals surface area contributed by atoms with Gasteiger partial charge in [-0.2, -0.15) is 0 Å². The molecule has 0 fully saturated rings. The van der Waals surface area contributed by atoms with Gasteiger partial charge in [0.05, 0.1) is 12.7 Å². The Morgan fingerprint density at radius 1 is 1.57 bits per heavy atom. The predicted molar refractivity (Wildman–Crippen MR) is 62.3 cm³/mol. The summed E-state index contributed by atoms with van der Waals surface area (Å²) in [7, 11) is 1.39. The highest BCUT2D eigenvalue weighted by atomic mass is 79.9. The second-order valence-electron chi connectivity index (χ2n) is 2.56. The van der Waals surface area contributed by atoms with Crippen LogP contribution in [0.3, 0.4) is 0 Å². The maximum Gasteiger partial charge on any atom is 0.337 e. The van der Waals surface area contributed by atoms with Crippen molar-refractivity contribution < 1.29 is 9.53 Å². The molecule has 0 aromatic heterocycles. The number of carbonyl (C=O) groups excluding carboxylic acids is 1. The van der Waals surface area contributed by atoms with Crippen LogP contribution in [0.1, 0.15) is 10.4 Å². The Bertz CT molecular complexity index is 315. The van der Waals surface area contributed by atoms with Gasteiger partial charge in [-0.1, -0.05) is 22.0 Å². The molecule has 0 atom stereocenters. The highest BCUT2D eigenvalue weighted by Crippen LogP contribution is 2.19. The summed E-state index contributed by atoms with van der Waals surface area (Å²) in [6, 6.07) is 7.45.